The Bertz CT molecular complexity index is 938. The van der Waals surface area contributed by atoms with Crippen LogP contribution in [0.25, 0.3) is 11.4 Å². The van der Waals surface area contributed by atoms with Crippen LogP contribution in [0.3, 0.4) is 0 Å². The molecule has 2 aliphatic carbocycles. The van der Waals surface area contributed by atoms with E-state index >= 15 is 0 Å². The lowest BCUT2D eigenvalue weighted by Gasteiger charge is -2.34. The van der Waals surface area contributed by atoms with Gasteiger partial charge in [0.15, 0.2) is 11.5 Å². The van der Waals surface area contributed by atoms with Crippen molar-refractivity contribution in [3.8, 4) is 22.9 Å². The van der Waals surface area contributed by atoms with Crippen molar-refractivity contribution in [3.63, 3.8) is 0 Å². The van der Waals surface area contributed by atoms with Gasteiger partial charge in [0, 0.05) is 18.7 Å². The van der Waals surface area contributed by atoms with Crippen LogP contribution >= 0.6 is 0 Å². The molecule has 0 unspecified atom stereocenters. The van der Waals surface area contributed by atoms with E-state index in [4.69, 9.17) is 23.7 Å². The molecule has 1 aromatic heterocycles. The van der Waals surface area contributed by atoms with Crippen LogP contribution < -0.4 is 9.47 Å². The predicted molar refractivity (Wildman–Crippen MR) is 100 cm³/mol. The molecule has 2 aliphatic heterocycles. The number of benzene rings is 1. The first-order valence-electron chi connectivity index (χ1n) is 10.4. The fourth-order valence-electron chi connectivity index (χ4n) is 5.52. The normalized spacial score (nSPS) is 30.1. The van der Waals surface area contributed by atoms with E-state index in [9.17, 15) is 4.79 Å². The van der Waals surface area contributed by atoms with E-state index in [1.807, 2.05) is 23.1 Å². The zero-order valence-corrected chi connectivity index (χ0v) is 16.1. The Kier molecular flexibility index (Phi) is 4.00. The number of amides is 1. The fourth-order valence-corrected chi connectivity index (χ4v) is 5.52. The second kappa shape index (κ2) is 6.73. The van der Waals surface area contributed by atoms with Gasteiger partial charge in [0.1, 0.15) is 0 Å². The SMILES string of the molecule is O=C([C@H]1[C@H]2CC[C@H](C2)[C@@H]1c1nc(-c2ccc3c(c2)OCO3)no1)N1CCOCC1. The van der Waals surface area contributed by atoms with Gasteiger partial charge in [-0.05, 0) is 49.3 Å². The van der Waals surface area contributed by atoms with Crippen LogP contribution in [0.1, 0.15) is 31.1 Å². The van der Waals surface area contributed by atoms with E-state index in [1.165, 1.54) is 0 Å². The van der Waals surface area contributed by atoms with Crippen molar-refractivity contribution in [2.45, 2.75) is 25.2 Å². The minimum atomic E-state index is -0.0584. The molecule has 0 spiro atoms. The van der Waals surface area contributed by atoms with E-state index in [0.29, 0.717) is 55.6 Å². The summed E-state index contributed by atoms with van der Waals surface area (Å²) in [6.07, 6.45) is 3.32. The highest BCUT2D eigenvalue weighted by Gasteiger charge is 2.54. The second-order valence-corrected chi connectivity index (χ2v) is 8.35. The third-order valence-electron chi connectivity index (χ3n) is 6.88. The van der Waals surface area contributed by atoms with E-state index < -0.39 is 0 Å². The molecule has 6 rings (SSSR count). The molecule has 29 heavy (non-hydrogen) atoms. The first-order chi connectivity index (χ1) is 14.3. The molecule has 2 saturated carbocycles. The van der Waals surface area contributed by atoms with Gasteiger partial charge in [0.25, 0.3) is 0 Å². The predicted octanol–water partition coefficient (Wildman–Crippen LogP) is 2.45. The van der Waals surface area contributed by atoms with Gasteiger partial charge in [-0.2, -0.15) is 4.98 Å². The highest BCUT2D eigenvalue weighted by Crippen LogP contribution is 2.57. The maximum Gasteiger partial charge on any atom is 0.231 e. The minimum Gasteiger partial charge on any atom is -0.454 e. The van der Waals surface area contributed by atoms with Gasteiger partial charge in [-0.15, -0.1) is 0 Å². The first-order valence-corrected chi connectivity index (χ1v) is 10.4. The molecule has 3 heterocycles. The van der Waals surface area contributed by atoms with Crippen LogP contribution in [0.4, 0.5) is 0 Å². The Hall–Kier alpha value is -2.61. The van der Waals surface area contributed by atoms with Crippen LogP contribution in [0, 0.1) is 17.8 Å². The number of fused-ring (bicyclic) bond motifs is 3. The van der Waals surface area contributed by atoms with Crippen LogP contribution in [-0.2, 0) is 9.53 Å². The van der Waals surface area contributed by atoms with E-state index in [2.05, 4.69) is 5.16 Å². The third-order valence-corrected chi connectivity index (χ3v) is 6.88. The third kappa shape index (κ3) is 2.80. The molecule has 0 N–H and O–H groups in total. The number of aromatic nitrogens is 2. The maximum atomic E-state index is 13.3. The first kappa shape index (κ1) is 17.3. The van der Waals surface area contributed by atoms with Gasteiger partial charge in [-0.25, -0.2) is 0 Å². The Morgan fingerprint density at radius 3 is 2.79 bits per heavy atom. The molecule has 3 fully saturated rings. The van der Waals surface area contributed by atoms with Crippen molar-refractivity contribution < 1.29 is 23.5 Å². The summed E-state index contributed by atoms with van der Waals surface area (Å²) in [5.41, 5.74) is 0.823. The van der Waals surface area contributed by atoms with Crippen molar-refractivity contribution in [3.05, 3.63) is 24.1 Å². The summed E-state index contributed by atoms with van der Waals surface area (Å²) in [6, 6.07) is 5.63. The average Bonchev–Trinajstić information content (AvgIpc) is 3.56. The molecular weight excluding hydrogens is 374 g/mol. The van der Waals surface area contributed by atoms with E-state index in [0.717, 1.165) is 30.6 Å². The number of hydrogen-bond acceptors (Lipinski definition) is 7. The molecule has 4 atom stereocenters. The summed E-state index contributed by atoms with van der Waals surface area (Å²) in [6.45, 7) is 2.81. The van der Waals surface area contributed by atoms with Gasteiger partial charge in [0.05, 0.1) is 25.0 Å². The number of carbonyl (C=O) groups is 1. The minimum absolute atomic E-state index is 0.0133. The maximum absolute atomic E-state index is 13.3. The van der Waals surface area contributed by atoms with E-state index in [-0.39, 0.29) is 24.5 Å². The van der Waals surface area contributed by atoms with Crippen molar-refractivity contribution in [2.75, 3.05) is 33.1 Å². The summed E-state index contributed by atoms with van der Waals surface area (Å²) >= 11 is 0. The van der Waals surface area contributed by atoms with Gasteiger partial charge >= 0.3 is 0 Å². The van der Waals surface area contributed by atoms with Crippen LogP contribution in [0.15, 0.2) is 22.7 Å². The molecule has 4 aliphatic rings. The highest BCUT2D eigenvalue weighted by atomic mass is 16.7. The number of morpholine rings is 1. The van der Waals surface area contributed by atoms with Crippen molar-refractivity contribution in [1.29, 1.82) is 0 Å². The fraction of sp³-hybridized carbons (Fsp3) is 0.571. The number of rotatable bonds is 3. The molecule has 8 nitrogen and oxygen atoms in total. The quantitative estimate of drug-likeness (QED) is 0.786. The van der Waals surface area contributed by atoms with Crippen molar-refractivity contribution in [2.24, 2.45) is 17.8 Å². The number of nitrogens with zero attached hydrogens (tertiary/aromatic N) is 3. The van der Waals surface area contributed by atoms with Gasteiger partial charge in [-0.3, -0.25) is 4.79 Å². The smallest absolute Gasteiger partial charge is 0.231 e. The summed E-state index contributed by atoms with van der Waals surface area (Å²) < 4.78 is 22.0. The topological polar surface area (TPSA) is 86.9 Å². The number of carbonyl (C=O) groups excluding carboxylic acids is 1. The zero-order valence-electron chi connectivity index (χ0n) is 16.1. The monoisotopic (exact) mass is 397 g/mol. The molecule has 1 aromatic carbocycles. The van der Waals surface area contributed by atoms with Gasteiger partial charge < -0.3 is 23.6 Å². The zero-order chi connectivity index (χ0) is 19.4. The van der Waals surface area contributed by atoms with Gasteiger partial charge in [0.2, 0.25) is 24.4 Å². The largest absolute Gasteiger partial charge is 0.454 e. The summed E-state index contributed by atoms with van der Waals surface area (Å²) in [7, 11) is 0. The Morgan fingerprint density at radius 2 is 1.90 bits per heavy atom. The molecule has 8 heteroatoms. The highest BCUT2D eigenvalue weighted by molar-refractivity contribution is 5.81. The summed E-state index contributed by atoms with van der Waals surface area (Å²) in [5.74, 6) is 3.58. The molecule has 0 radical (unpaired) electrons. The lowest BCUT2D eigenvalue weighted by Crippen LogP contribution is -2.46. The summed E-state index contributed by atoms with van der Waals surface area (Å²) in [5, 5.41) is 4.22. The average molecular weight is 397 g/mol. The Labute approximate surface area is 168 Å². The molecule has 1 saturated heterocycles. The van der Waals surface area contributed by atoms with Crippen LogP contribution in [0.5, 0.6) is 11.5 Å². The number of hydrogen-bond donors (Lipinski definition) is 0. The van der Waals surface area contributed by atoms with Gasteiger partial charge in [-0.1, -0.05) is 5.16 Å². The molecular formula is C21H23N3O5. The molecule has 152 valence electrons. The molecule has 2 aromatic rings. The molecule has 2 bridgehead atoms. The number of ether oxygens (including phenoxy) is 3. The second-order valence-electron chi connectivity index (χ2n) is 8.35. The standard InChI is InChI=1S/C21H23N3O5/c25-21(24-5-7-26-8-6-24)18-13-2-1-12(9-13)17(18)20-22-19(23-29-20)14-3-4-15-16(10-14)28-11-27-15/h3-4,10,12-13,17-18H,1-2,5-9,11H2/t12-,13+,17+,18+/m1/s1. The lowest BCUT2D eigenvalue weighted by atomic mass is 9.78. The van der Waals surface area contributed by atoms with Crippen LogP contribution in [-0.4, -0.2) is 54.0 Å². The van der Waals surface area contributed by atoms with Crippen LogP contribution in [0.2, 0.25) is 0 Å². The van der Waals surface area contributed by atoms with Crippen molar-refractivity contribution in [1.82, 2.24) is 15.0 Å². The lowest BCUT2D eigenvalue weighted by molar-refractivity contribution is -0.142. The Balaban J connectivity index is 1.29. The molecule has 1 amide bonds. The van der Waals surface area contributed by atoms with E-state index in [1.54, 1.807) is 0 Å². The summed E-state index contributed by atoms with van der Waals surface area (Å²) in [4.78, 5) is 20.0. The Morgan fingerprint density at radius 1 is 1.07 bits per heavy atom. The van der Waals surface area contributed by atoms with Crippen molar-refractivity contribution >= 4 is 5.91 Å².